The van der Waals surface area contributed by atoms with E-state index in [-0.39, 0.29) is 23.1 Å². The minimum Gasteiger partial charge on any atom is -0.393 e. The maximum Gasteiger partial charge on any atom is 0.273 e. The molecule has 0 unspecified atom stereocenters. The molecule has 1 aromatic rings. The Balaban J connectivity index is 2.31. The van der Waals surface area contributed by atoms with Gasteiger partial charge in [0.2, 0.25) is 0 Å². The average molecular weight is 306 g/mol. The van der Waals surface area contributed by atoms with Crippen LogP contribution in [0, 0.1) is 10.1 Å². The van der Waals surface area contributed by atoms with Crippen LogP contribution in [-0.2, 0) is 5.41 Å². The number of likely N-dealkylation sites (tertiary alicyclic amines) is 1. The van der Waals surface area contributed by atoms with Gasteiger partial charge in [0.15, 0.2) is 0 Å². The van der Waals surface area contributed by atoms with Crippen LogP contribution in [0.2, 0.25) is 0 Å². The summed E-state index contributed by atoms with van der Waals surface area (Å²) in [6, 6.07) is 4.69. The number of carbonyl (C=O) groups excluding carboxylic acids is 1. The molecule has 0 aromatic heterocycles. The van der Waals surface area contributed by atoms with Crippen LogP contribution in [0.3, 0.4) is 0 Å². The number of nitro benzene ring substituents is 1. The molecular formula is C16H22N2O4. The van der Waals surface area contributed by atoms with Crippen LogP contribution in [0.15, 0.2) is 18.2 Å². The van der Waals surface area contributed by atoms with Crippen LogP contribution in [0.5, 0.6) is 0 Å². The second-order valence-corrected chi connectivity index (χ2v) is 6.76. The van der Waals surface area contributed by atoms with Crippen LogP contribution in [0.4, 0.5) is 5.69 Å². The summed E-state index contributed by atoms with van der Waals surface area (Å²) in [6.45, 7) is 6.68. The highest BCUT2D eigenvalue weighted by Gasteiger charge is 2.28. The SMILES string of the molecule is CC(C)(C)c1ccc(C(=O)N2CCC(O)CC2)cc1[N+](=O)[O-]. The molecule has 0 radical (unpaired) electrons. The first kappa shape index (κ1) is 16.4. The number of aliphatic hydroxyl groups is 1. The van der Waals surface area contributed by atoms with Gasteiger partial charge in [-0.05, 0) is 24.3 Å². The van der Waals surface area contributed by atoms with Crippen molar-refractivity contribution in [3.05, 3.63) is 39.4 Å². The van der Waals surface area contributed by atoms with E-state index in [9.17, 15) is 20.0 Å². The third-order valence-corrected chi connectivity index (χ3v) is 4.00. The second kappa shape index (κ2) is 6.04. The lowest BCUT2D eigenvalue weighted by Gasteiger charge is -2.29. The van der Waals surface area contributed by atoms with Gasteiger partial charge in [-0.2, -0.15) is 0 Å². The van der Waals surface area contributed by atoms with Crippen molar-refractivity contribution in [2.75, 3.05) is 13.1 Å². The summed E-state index contributed by atoms with van der Waals surface area (Å²) in [6.07, 6.45) is 0.739. The maximum absolute atomic E-state index is 12.5. The van der Waals surface area contributed by atoms with Crippen LogP contribution >= 0.6 is 0 Å². The summed E-state index contributed by atoms with van der Waals surface area (Å²) in [5.74, 6) is -0.213. The molecule has 1 aliphatic rings. The molecule has 0 aliphatic carbocycles. The monoisotopic (exact) mass is 306 g/mol. The third-order valence-electron chi connectivity index (χ3n) is 4.00. The fourth-order valence-electron chi connectivity index (χ4n) is 2.70. The van der Waals surface area contributed by atoms with Crippen LogP contribution in [0.25, 0.3) is 0 Å². The number of amides is 1. The maximum atomic E-state index is 12.5. The van der Waals surface area contributed by atoms with E-state index in [0.717, 1.165) is 0 Å². The molecule has 0 saturated carbocycles. The Morgan fingerprint density at radius 2 is 1.91 bits per heavy atom. The first-order chi connectivity index (χ1) is 10.2. The predicted molar refractivity (Wildman–Crippen MR) is 82.9 cm³/mol. The number of benzene rings is 1. The molecular weight excluding hydrogens is 284 g/mol. The summed E-state index contributed by atoms with van der Waals surface area (Å²) in [7, 11) is 0. The molecule has 1 heterocycles. The lowest BCUT2D eigenvalue weighted by molar-refractivity contribution is -0.386. The van der Waals surface area contributed by atoms with E-state index in [4.69, 9.17) is 0 Å². The van der Waals surface area contributed by atoms with Crippen molar-refractivity contribution >= 4 is 11.6 Å². The van der Waals surface area contributed by atoms with E-state index in [1.54, 1.807) is 17.0 Å². The molecule has 2 rings (SSSR count). The molecule has 1 saturated heterocycles. The van der Waals surface area contributed by atoms with E-state index >= 15 is 0 Å². The zero-order chi connectivity index (χ0) is 16.5. The molecule has 0 bridgehead atoms. The van der Waals surface area contributed by atoms with Gasteiger partial charge in [0.25, 0.3) is 11.6 Å². The third kappa shape index (κ3) is 3.44. The van der Waals surface area contributed by atoms with Crippen molar-refractivity contribution in [3.63, 3.8) is 0 Å². The molecule has 22 heavy (non-hydrogen) atoms. The normalized spacial score (nSPS) is 16.6. The number of hydrogen-bond donors (Lipinski definition) is 1. The zero-order valence-corrected chi connectivity index (χ0v) is 13.2. The molecule has 0 atom stereocenters. The summed E-state index contributed by atoms with van der Waals surface area (Å²) in [4.78, 5) is 25.0. The number of rotatable bonds is 2. The lowest BCUT2D eigenvalue weighted by atomic mass is 9.85. The van der Waals surface area contributed by atoms with Crippen LogP contribution in [0.1, 0.15) is 49.5 Å². The van der Waals surface area contributed by atoms with Crippen molar-refractivity contribution in [2.24, 2.45) is 0 Å². The predicted octanol–water partition coefficient (Wildman–Crippen LogP) is 2.49. The smallest absolute Gasteiger partial charge is 0.273 e. The fraction of sp³-hybridized carbons (Fsp3) is 0.562. The lowest BCUT2D eigenvalue weighted by Crippen LogP contribution is -2.40. The Morgan fingerprint density at radius 1 is 1.32 bits per heavy atom. The van der Waals surface area contributed by atoms with E-state index in [0.29, 0.717) is 37.1 Å². The minimum absolute atomic E-state index is 0.0182. The van der Waals surface area contributed by atoms with Crippen molar-refractivity contribution < 1.29 is 14.8 Å². The quantitative estimate of drug-likeness (QED) is 0.672. The van der Waals surface area contributed by atoms with Gasteiger partial charge in [-0.1, -0.05) is 26.8 Å². The van der Waals surface area contributed by atoms with Gasteiger partial charge in [0, 0.05) is 30.3 Å². The largest absolute Gasteiger partial charge is 0.393 e. The van der Waals surface area contributed by atoms with Gasteiger partial charge in [-0.15, -0.1) is 0 Å². The van der Waals surface area contributed by atoms with Crippen molar-refractivity contribution in [2.45, 2.75) is 45.1 Å². The van der Waals surface area contributed by atoms with E-state index in [2.05, 4.69) is 0 Å². The molecule has 1 amide bonds. The Hall–Kier alpha value is -1.95. The zero-order valence-electron chi connectivity index (χ0n) is 13.2. The number of aliphatic hydroxyl groups excluding tert-OH is 1. The summed E-state index contributed by atoms with van der Waals surface area (Å²) < 4.78 is 0. The van der Waals surface area contributed by atoms with E-state index < -0.39 is 4.92 Å². The second-order valence-electron chi connectivity index (χ2n) is 6.76. The number of nitrogens with zero attached hydrogens (tertiary/aromatic N) is 2. The first-order valence-corrected chi connectivity index (χ1v) is 7.46. The van der Waals surface area contributed by atoms with Gasteiger partial charge >= 0.3 is 0 Å². The first-order valence-electron chi connectivity index (χ1n) is 7.46. The van der Waals surface area contributed by atoms with Crippen molar-refractivity contribution in [3.8, 4) is 0 Å². The van der Waals surface area contributed by atoms with Crippen molar-refractivity contribution in [1.82, 2.24) is 4.90 Å². The Bertz CT molecular complexity index is 584. The Morgan fingerprint density at radius 3 is 2.41 bits per heavy atom. The van der Waals surface area contributed by atoms with Gasteiger partial charge in [0.05, 0.1) is 11.0 Å². The van der Waals surface area contributed by atoms with Crippen LogP contribution < -0.4 is 0 Å². The summed E-state index contributed by atoms with van der Waals surface area (Å²) in [5.41, 5.74) is 0.564. The molecule has 1 aliphatic heterocycles. The molecule has 1 N–H and O–H groups in total. The van der Waals surface area contributed by atoms with Gasteiger partial charge in [-0.25, -0.2) is 0 Å². The van der Waals surface area contributed by atoms with Crippen LogP contribution in [-0.4, -0.2) is 40.0 Å². The summed E-state index contributed by atoms with van der Waals surface area (Å²) in [5, 5.41) is 20.8. The average Bonchev–Trinajstić information content (AvgIpc) is 2.45. The van der Waals surface area contributed by atoms with E-state index in [1.807, 2.05) is 20.8 Å². The van der Waals surface area contributed by atoms with E-state index in [1.165, 1.54) is 6.07 Å². The Labute approximate surface area is 129 Å². The van der Waals surface area contributed by atoms with Crippen molar-refractivity contribution in [1.29, 1.82) is 0 Å². The van der Waals surface area contributed by atoms with Gasteiger partial charge in [-0.3, -0.25) is 14.9 Å². The highest BCUT2D eigenvalue weighted by Crippen LogP contribution is 2.32. The number of carbonyl (C=O) groups is 1. The number of nitro groups is 1. The topological polar surface area (TPSA) is 83.7 Å². The van der Waals surface area contributed by atoms with Gasteiger partial charge in [0.1, 0.15) is 0 Å². The van der Waals surface area contributed by atoms with Gasteiger partial charge < -0.3 is 10.0 Å². The molecule has 6 nitrogen and oxygen atoms in total. The standard InChI is InChI=1S/C16H22N2O4/c1-16(2,3)13-5-4-11(10-14(13)18(21)22)15(20)17-8-6-12(19)7-9-17/h4-5,10,12,19H,6-9H2,1-3H3. The summed E-state index contributed by atoms with van der Waals surface area (Å²) >= 11 is 0. The molecule has 120 valence electrons. The minimum atomic E-state index is -0.433. The molecule has 0 spiro atoms. The molecule has 1 fully saturated rings. The number of hydrogen-bond acceptors (Lipinski definition) is 4. The fourth-order valence-corrected chi connectivity index (χ4v) is 2.70. The molecule has 6 heteroatoms. The Kier molecular flexibility index (Phi) is 4.51. The highest BCUT2D eigenvalue weighted by atomic mass is 16.6. The molecule has 1 aromatic carbocycles. The number of piperidine rings is 1. The highest BCUT2D eigenvalue weighted by molar-refractivity contribution is 5.95.